The van der Waals surface area contributed by atoms with Gasteiger partial charge in [0.25, 0.3) is 0 Å². The van der Waals surface area contributed by atoms with Crippen molar-refractivity contribution in [2.45, 2.75) is 72.3 Å². The van der Waals surface area contributed by atoms with Gasteiger partial charge in [-0.15, -0.1) is 0 Å². The summed E-state index contributed by atoms with van der Waals surface area (Å²) in [4.78, 5) is 18.8. The first kappa shape index (κ1) is 34.0. The van der Waals surface area contributed by atoms with Gasteiger partial charge in [0, 0.05) is 37.1 Å². The van der Waals surface area contributed by atoms with Crippen molar-refractivity contribution in [3.63, 3.8) is 0 Å². The van der Waals surface area contributed by atoms with Crippen LogP contribution in [0.5, 0.6) is 11.8 Å². The maximum absolute atomic E-state index is 16.8. The van der Waals surface area contributed by atoms with E-state index >= 15 is 8.78 Å². The van der Waals surface area contributed by atoms with Crippen molar-refractivity contribution in [2.24, 2.45) is 0 Å². The predicted molar refractivity (Wildman–Crippen MR) is 182 cm³/mol. The van der Waals surface area contributed by atoms with E-state index in [1.54, 1.807) is 6.07 Å². The molecule has 0 spiro atoms. The Morgan fingerprint density at radius 3 is 2.30 bits per heavy atom. The van der Waals surface area contributed by atoms with E-state index in [4.69, 9.17) is 26.3 Å². The van der Waals surface area contributed by atoms with Crippen LogP contribution >= 0.6 is 11.6 Å². The number of phenolic OH excluding ortho intramolecular Hbond substituents is 1. The number of hydrogen-bond donors (Lipinski definition) is 2. The summed E-state index contributed by atoms with van der Waals surface area (Å²) < 4.78 is 38.5. The van der Waals surface area contributed by atoms with Crippen molar-refractivity contribution in [1.82, 2.24) is 25.2 Å². The van der Waals surface area contributed by atoms with Crippen molar-refractivity contribution in [3.05, 3.63) is 46.6 Å². The van der Waals surface area contributed by atoms with E-state index in [0.29, 0.717) is 48.4 Å². The van der Waals surface area contributed by atoms with Gasteiger partial charge in [0.15, 0.2) is 5.82 Å². The van der Waals surface area contributed by atoms with Crippen molar-refractivity contribution in [3.8, 4) is 23.0 Å². The van der Waals surface area contributed by atoms with Crippen LogP contribution < -0.4 is 15.0 Å². The van der Waals surface area contributed by atoms with E-state index in [9.17, 15) is 5.11 Å². The molecule has 0 unspecified atom stereocenters. The van der Waals surface area contributed by atoms with Crippen LogP contribution in [-0.4, -0.2) is 76.4 Å². The largest absolute Gasteiger partial charge is 0.508 e. The fourth-order valence-corrected chi connectivity index (χ4v) is 7.19. The van der Waals surface area contributed by atoms with Crippen LogP contribution in [-0.2, 0) is 6.42 Å². The Labute approximate surface area is 275 Å². The van der Waals surface area contributed by atoms with Crippen molar-refractivity contribution >= 4 is 39.1 Å². The predicted octanol–water partition coefficient (Wildman–Crippen LogP) is 7.51. The summed E-state index contributed by atoms with van der Waals surface area (Å²) in [6, 6.07) is 5.87. The number of phenols is 1. The van der Waals surface area contributed by atoms with Gasteiger partial charge >= 0.3 is 6.01 Å². The van der Waals surface area contributed by atoms with Gasteiger partial charge in [-0.1, -0.05) is 52.3 Å². The van der Waals surface area contributed by atoms with Gasteiger partial charge in [0.05, 0.1) is 21.6 Å². The third kappa shape index (κ3) is 6.19. The highest BCUT2D eigenvalue weighted by molar-refractivity contribution is 6.31. The average molecular weight is 655 g/mol. The summed E-state index contributed by atoms with van der Waals surface area (Å²) in [5, 5.41) is 14.8. The number of aromatic hydroxyl groups is 1. The van der Waals surface area contributed by atoms with E-state index in [0.717, 1.165) is 51.9 Å². The summed E-state index contributed by atoms with van der Waals surface area (Å²) in [6.45, 7) is 15.4. The molecule has 4 aromatic rings. The highest BCUT2D eigenvalue weighted by atomic mass is 35.5. The summed E-state index contributed by atoms with van der Waals surface area (Å²) >= 11 is 6.13. The molecule has 0 radical (unpaired) electrons. The lowest BCUT2D eigenvalue weighted by Gasteiger charge is -2.32. The minimum absolute atomic E-state index is 0.0265. The normalized spacial score (nSPS) is 17.3. The second-order valence-corrected chi connectivity index (χ2v) is 11.9. The number of benzene rings is 2. The number of fused-ring (bicyclic) bond motifs is 3. The Kier molecular flexibility index (Phi) is 10.8. The summed E-state index contributed by atoms with van der Waals surface area (Å²) in [7, 11) is 0. The Hall–Kier alpha value is -3.34. The van der Waals surface area contributed by atoms with Gasteiger partial charge in [0.2, 0.25) is 0 Å². The second-order valence-electron chi connectivity index (χ2n) is 11.5. The molecule has 11 heteroatoms. The molecule has 2 N–H and O–H groups in total. The lowest BCUT2D eigenvalue weighted by atomic mass is 9.95. The molecule has 2 aromatic heterocycles. The molecule has 0 bridgehead atoms. The SMILES string of the molecule is CC.CC.CCc1nc(-c2cc(O)cc3ccc(Cl)c(F)c23)c(F)c2nc(OCC34CCCN3CCC4)nc(N3CCNCC3)c12. The van der Waals surface area contributed by atoms with E-state index in [2.05, 4.69) is 20.1 Å². The molecule has 3 aliphatic heterocycles. The van der Waals surface area contributed by atoms with E-state index in [1.807, 2.05) is 34.6 Å². The molecule has 5 heterocycles. The van der Waals surface area contributed by atoms with Crippen LogP contribution in [0.25, 0.3) is 32.9 Å². The summed E-state index contributed by atoms with van der Waals surface area (Å²) in [6.07, 6.45) is 4.86. The number of nitrogens with one attached hydrogen (secondary N) is 1. The Morgan fingerprint density at radius 1 is 0.935 bits per heavy atom. The monoisotopic (exact) mass is 654 g/mol. The fraction of sp³-hybridized carbons (Fsp3) is 0.514. The van der Waals surface area contributed by atoms with E-state index < -0.39 is 11.6 Å². The number of anilines is 1. The molecule has 0 saturated carbocycles. The molecule has 3 fully saturated rings. The zero-order chi connectivity index (χ0) is 33.0. The maximum atomic E-state index is 16.8. The molecule has 3 saturated heterocycles. The molecule has 46 heavy (non-hydrogen) atoms. The van der Waals surface area contributed by atoms with Crippen LogP contribution in [0.4, 0.5) is 14.6 Å². The van der Waals surface area contributed by atoms with Gasteiger partial charge in [-0.3, -0.25) is 4.90 Å². The summed E-state index contributed by atoms with van der Waals surface area (Å²) in [5.41, 5.74) is 0.628. The third-order valence-corrected chi connectivity index (χ3v) is 9.39. The Bertz CT molecular complexity index is 1690. The van der Waals surface area contributed by atoms with Crippen molar-refractivity contribution in [1.29, 1.82) is 0 Å². The fourth-order valence-electron chi connectivity index (χ4n) is 7.04. The van der Waals surface area contributed by atoms with Crippen LogP contribution in [0.2, 0.25) is 5.02 Å². The smallest absolute Gasteiger partial charge is 0.319 e. The molecular weight excluding hydrogens is 610 g/mol. The lowest BCUT2D eigenvalue weighted by molar-refractivity contribution is 0.108. The first-order valence-corrected chi connectivity index (χ1v) is 17.1. The summed E-state index contributed by atoms with van der Waals surface area (Å²) in [5.74, 6) is -0.968. The quantitative estimate of drug-likeness (QED) is 0.221. The first-order chi connectivity index (χ1) is 22.4. The number of halogens is 3. The first-order valence-electron chi connectivity index (χ1n) is 16.7. The number of nitrogens with zero attached hydrogens (tertiary/aromatic N) is 5. The molecule has 0 aliphatic carbocycles. The van der Waals surface area contributed by atoms with E-state index in [1.165, 1.54) is 18.2 Å². The Balaban J connectivity index is 0.00000100. The highest BCUT2D eigenvalue weighted by Gasteiger charge is 2.45. The number of pyridine rings is 1. The molecule has 0 atom stereocenters. The number of aromatic nitrogens is 3. The van der Waals surface area contributed by atoms with E-state index in [-0.39, 0.29) is 44.5 Å². The van der Waals surface area contributed by atoms with Gasteiger partial charge < -0.3 is 20.1 Å². The minimum Gasteiger partial charge on any atom is -0.508 e. The van der Waals surface area contributed by atoms with Crippen molar-refractivity contribution < 1.29 is 18.6 Å². The van der Waals surface area contributed by atoms with Crippen LogP contribution in [0.15, 0.2) is 24.3 Å². The van der Waals surface area contributed by atoms with Crippen LogP contribution in [0.3, 0.4) is 0 Å². The maximum Gasteiger partial charge on any atom is 0.319 e. The molecule has 0 amide bonds. The van der Waals surface area contributed by atoms with Gasteiger partial charge in [-0.25, -0.2) is 13.8 Å². The zero-order valence-electron chi connectivity index (χ0n) is 27.5. The molecule has 3 aliphatic rings. The number of aryl methyl sites for hydroxylation is 1. The highest BCUT2D eigenvalue weighted by Crippen LogP contribution is 2.42. The van der Waals surface area contributed by atoms with Crippen molar-refractivity contribution in [2.75, 3.05) is 50.8 Å². The zero-order valence-corrected chi connectivity index (χ0v) is 28.3. The number of piperazine rings is 1. The molecule has 2 aromatic carbocycles. The molecule has 8 nitrogen and oxygen atoms in total. The minimum atomic E-state index is -0.723. The number of hydrogen-bond acceptors (Lipinski definition) is 8. The van der Waals surface area contributed by atoms with Gasteiger partial charge in [-0.2, -0.15) is 9.97 Å². The van der Waals surface area contributed by atoms with Gasteiger partial charge in [-0.05, 0) is 68.8 Å². The standard InChI is InChI=1S/C31H33ClF2N6O2.2C2H6/c1-2-22-24-28(26(34)27(36-22)20-16-19(41)15-18-5-6-21(32)25(33)23(18)20)37-30(38-29(24)39-13-9-35-10-14-39)42-17-31-7-3-11-40(31)12-4-8-31;2*1-2/h5-6,15-16,35,41H,2-4,7-14,17H2,1H3;2*1-2H3. The topological polar surface area (TPSA) is 86.6 Å². The second kappa shape index (κ2) is 14.6. The third-order valence-electron chi connectivity index (χ3n) is 9.10. The van der Waals surface area contributed by atoms with Crippen LogP contribution in [0, 0.1) is 11.6 Å². The Morgan fingerprint density at radius 2 is 1.63 bits per heavy atom. The average Bonchev–Trinajstić information content (AvgIpc) is 3.68. The van der Waals surface area contributed by atoms with Gasteiger partial charge in [0.1, 0.15) is 35.2 Å². The molecular formula is C35H45ClF2N6O2. The number of ether oxygens (including phenoxy) is 1. The van der Waals surface area contributed by atoms with Crippen LogP contribution in [0.1, 0.15) is 66.0 Å². The molecule has 248 valence electrons. The number of rotatable bonds is 6. The molecule has 7 rings (SSSR count). The lowest BCUT2D eigenvalue weighted by Crippen LogP contribution is -2.44.